The summed E-state index contributed by atoms with van der Waals surface area (Å²) in [5, 5.41) is 3.26. The van der Waals surface area contributed by atoms with Crippen molar-refractivity contribution >= 4 is 27.7 Å². The minimum absolute atomic E-state index is 0.0721. The van der Waals surface area contributed by atoms with Crippen LogP contribution in [0.3, 0.4) is 0 Å². The molecule has 0 atom stereocenters. The van der Waals surface area contributed by atoms with Crippen molar-refractivity contribution in [2.24, 2.45) is 5.41 Å². The van der Waals surface area contributed by atoms with Gasteiger partial charge in [-0.3, -0.25) is 4.79 Å². The Morgan fingerprint density at radius 1 is 1.47 bits per heavy atom. The lowest BCUT2D eigenvalue weighted by Crippen LogP contribution is -2.37. The number of anilines is 1. The molecule has 0 radical (unpaired) electrons. The van der Waals surface area contributed by atoms with E-state index in [-0.39, 0.29) is 11.4 Å². The van der Waals surface area contributed by atoms with E-state index in [1.54, 1.807) is 6.20 Å². The summed E-state index contributed by atoms with van der Waals surface area (Å²) in [5.41, 5.74) is -0.370. The maximum absolute atomic E-state index is 12.2. The smallest absolute Gasteiger partial charge is 0.313 e. The summed E-state index contributed by atoms with van der Waals surface area (Å²) in [5.74, 6) is 0.718. The highest BCUT2D eigenvalue weighted by Gasteiger charge is 2.42. The predicted octanol–water partition coefficient (Wildman–Crippen LogP) is 3.38. The summed E-state index contributed by atoms with van der Waals surface area (Å²) in [6, 6.07) is 3.83. The molecule has 0 aliphatic heterocycles. The summed E-state index contributed by atoms with van der Waals surface area (Å²) in [6.07, 6.45) is 5.72. The summed E-state index contributed by atoms with van der Waals surface area (Å²) < 4.78 is 6.17. The van der Waals surface area contributed by atoms with Crippen LogP contribution in [0.25, 0.3) is 0 Å². The second kappa shape index (κ2) is 6.37. The fourth-order valence-electron chi connectivity index (χ4n) is 2.53. The first-order chi connectivity index (χ1) is 9.16. The van der Waals surface area contributed by atoms with E-state index in [0.717, 1.165) is 36.0 Å². The molecule has 0 saturated heterocycles. The van der Waals surface area contributed by atoms with Crippen LogP contribution in [-0.2, 0) is 9.53 Å². The predicted molar refractivity (Wildman–Crippen MR) is 78.0 cm³/mol. The van der Waals surface area contributed by atoms with E-state index < -0.39 is 0 Å². The molecule has 1 aliphatic rings. The molecule has 0 spiro atoms. The average Bonchev–Trinajstić information content (AvgIpc) is 2.88. The molecular weight excluding hydrogens is 308 g/mol. The van der Waals surface area contributed by atoms with Crippen LogP contribution in [0, 0.1) is 5.41 Å². The van der Waals surface area contributed by atoms with Crippen molar-refractivity contribution in [2.75, 3.05) is 18.5 Å². The molecule has 5 heteroatoms. The molecule has 4 nitrogen and oxygen atoms in total. The molecule has 19 heavy (non-hydrogen) atoms. The Hall–Kier alpha value is -1.10. The second-order valence-corrected chi connectivity index (χ2v) is 5.84. The molecule has 0 bridgehead atoms. The number of carbonyl (C=O) groups is 1. The van der Waals surface area contributed by atoms with Crippen molar-refractivity contribution in [3.05, 3.63) is 22.8 Å². The Morgan fingerprint density at radius 3 is 2.79 bits per heavy atom. The zero-order valence-corrected chi connectivity index (χ0v) is 12.7. The largest absolute Gasteiger partial charge is 0.466 e. The van der Waals surface area contributed by atoms with Crippen LogP contribution in [0.2, 0.25) is 0 Å². The van der Waals surface area contributed by atoms with Gasteiger partial charge in [0.15, 0.2) is 0 Å². The highest BCUT2D eigenvalue weighted by molar-refractivity contribution is 9.10. The number of nitrogens with zero attached hydrogens (tertiary/aromatic N) is 1. The summed E-state index contributed by atoms with van der Waals surface area (Å²) >= 11 is 3.35. The van der Waals surface area contributed by atoms with Gasteiger partial charge in [-0.05, 0) is 47.8 Å². The lowest BCUT2D eigenvalue weighted by molar-refractivity contribution is -0.154. The van der Waals surface area contributed by atoms with Gasteiger partial charge in [-0.2, -0.15) is 0 Å². The minimum Gasteiger partial charge on any atom is -0.466 e. The van der Waals surface area contributed by atoms with Crippen LogP contribution in [0.1, 0.15) is 32.6 Å². The van der Waals surface area contributed by atoms with Crippen molar-refractivity contribution < 1.29 is 9.53 Å². The highest BCUT2D eigenvalue weighted by Crippen LogP contribution is 2.39. The number of aromatic nitrogens is 1. The highest BCUT2D eigenvalue weighted by atomic mass is 79.9. The molecule has 1 N–H and O–H groups in total. The first-order valence-electron chi connectivity index (χ1n) is 6.69. The number of halogens is 1. The Kier molecular flexibility index (Phi) is 4.80. The topological polar surface area (TPSA) is 51.2 Å². The van der Waals surface area contributed by atoms with Crippen LogP contribution in [0.4, 0.5) is 5.82 Å². The molecule has 1 aromatic heterocycles. The molecule has 1 saturated carbocycles. The van der Waals surface area contributed by atoms with Gasteiger partial charge in [0.2, 0.25) is 0 Å². The van der Waals surface area contributed by atoms with E-state index in [1.807, 2.05) is 19.1 Å². The number of hydrogen-bond donors (Lipinski definition) is 1. The lowest BCUT2D eigenvalue weighted by Gasteiger charge is -2.26. The minimum atomic E-state index is -0.370. The molecule has 2 rings (SSSR count). The lowest BCUT2D eigenvalue weighted by atomic mass is 9.86. The Labute approximate surface area is 122 Å². The first-order valence-corrected chi connectivity index (χ1v) is 7.48. The van der Waals surface area contributed by atoms with Crippen molar-refractivity contribution in [1.29, 1.82) is 0 Å². The van der Waals surface area contributed by atoms with E-state index in [9.17, 15) is 4.79 Å². The summed E-state index contributed by atoms with van der Waals surface area (Å²) in [7, 11) is 0. The third-order valence-corrected chi connectivity index (χ3v) is 4.07. The van der Waals surface area contributed by atoms with Gasteiger partial charge in [0.1, 0.15) is 5.82 Å². The number of ether oxygens (including phenoxy) is 1. The van der Waals surface area contributed by atoms with E-state index in [2.05, 4.69) is 26.2 Å². The Balaban J connectivity index is 2.01. The number of rotatable bonds is 5. The van der Waals surface area contributed by atoms with Gasteiger partial charge in [-0.25, -0.2) is 4.98 Å². The fraction of sp³-hybridized carbons (Fsp3) is 0.571. The zero-order valence-electron chi connectivity index (χ0n) is 11.1. The number of nitrogens with one attached hydrogen (secondary N) is 1. The molecule has 0 amide bonds. The second-order valence-electron chi connectivity index (χ2n) is 4.92. The van der Waals surface area contributed by atoms with Gasteiger partial charge in [0, 0.05) is 17.2 Å². The third kappa shape index (κ3) is 3.47. The van der Waals surface area contributed by atoms with Crippen molar-refractivity contribution in [2.45, 2.75) is 32.6 Å². The molecule has 1 heterocycles. The number of carbonyl (C=O) groups excluding carboxylic acids is 1. The van der Waals surface area contributed by atoms with Crippen LogP contribution < -0.4 is 5.32 Å². The molecule has 1 fully saturated rings. The maximum atomic E-state index is 12.2. The van der Waals surface area contributed by atoms with Crippen LogP contribution in [-0.4, -0.2) is 24.1 Å². The standard InChI is InChI=1S/C14H19BrN2O2/c1-2-19-13(18)14(7-3-4-8-14)10-17-12-6-5-11(15)9-16-12/h5-6,9H,2-4,7-8,10H2,1H3,(H,16,17). The van der Waals surface area contributed by atoms with Crippen LogP contribution >= 0.6 is 15.9 Å². The molecule has 0 unspecified atom stereocenters. The Bertz CT molecular complexity index is 428. The van der Waals surface area contributed by atoms with E-state index in [0.29, 0.717) is 13.2 Å². The van der Waals surface area contributed by atoms with Crippen LogP contribution in [0.5, 0.6) is 0 Å². The van der Waals surface area contributed by atoms with Crippen LogP contribution in [0.15, 0.2) is 22.8 Å². The maximum Gasteiger partial charge on any atom is 0.313 e. The number of pyridine rings is 1. The SMILES string of the molecule is CCOC(=O)C1(CNc2ccc(Br)cn2)CCCC1. The monoisotopic (exact) mass is 326 g/mol. The van der Waals surface area contributed by atoms with Crippen molar-refractivity contribution in [3.8, 4) is 0 Å². The van der Waals surface area contributed by atoms with Gasteiger partial charge in [0.25, 0.3) is 0 Å². The van der Waals surface area contributed by atoms with Crippen molar-refractivity contribution in [3.63, 3.8) is 0 Å². The van der Waals surface area contributed by atoms with Gasteiger partial charge < -0.3 is 10.1 Å². The Morgan fingerprint density at radius 2 is 2.21 bits per heavy atom. The molecular formula is C14H19BrN2O2. The summed E-state index contributed by atoms with van der Waals surface area (Å²) in [6.45, 7) is 2.89. The molecule has 104 valence electrons. The van der Waals surface area contributed by atoms with E-state index >= 15 is 0 Å². The van der Waals surface area contributed by atoms with Crippen molar-refractivity contribution in [1.82, 2.24) is 4.98 Å². The van der Waals surface area contributed by atoms with E-state index in [4.69, 9.17) is 4.74 Å². The van der Waals surface area contributed by atoms with Gasteiger partial charge in [-0.15, -0.1) is 0 Å². The zero-order chi connectivity index (χ0) is 13.7. The number of esters is 1. The average molecular weight is 327 g/mol. The van der Waals surface area contributed by atoms with Gasteiger partial charge in [0.05, 0.1) is 12.0 Å². The quantitative estimate of drug-likeness (QED) is 0.843. The first kappa shape index (κ1) is 14.3. The number of hydrogen-bond acceptors (Lipinski definition) is 4. The third-order valence-electron chi connectivity index (χ3n) is 3.60. The fourth-order valence-corrected chi connectivity index (χ4v) is 2.76. The van der Waals surface area contributed by atoms with Gasteiger partial charge >= 0.3 is 5.97 Å². The molecule has 1 aromatic rings. The molecule has 1 aliphatic carbocycles. The van der Waals surface area contributed by atoms with Gasteiger partial charge in [-0.1, -0.05) is 12.8 Å². The normalized spacial score (nSPS) is 17.2. The molecule has 0 aromatic carbocycles. The summed E-state index contributed by atoms with van der Waals surface area (Å²) in [4.78, 5) is 16.4. The van der Waals surface area contributed by atoms with E-state index in [1.165, 1.54) is 0 Å².